The first-order valence-electron chi connectivity index (χ1n) is 19.0. The van der Waals surface area contributed by atoms with Crippen molar-refractivity contribution in [2.75, 3.05) is 0 Å². The SMILES string of the molecule is c1ccc(-c2nc(-c3cc(-n4c5ccccc5c5ccccc54)cc(-n4c5ccccc5c5ccccc54)c3)cc(-c3ccccc3-c3ccccc3)n2)cc1. The van der Waals surface area contributed by atoms with Crippen molar-refractivity contribution in [1.82, 2.24) is 19.1 Å². The van der Waals surface area contributed by atoms with Crippen LogP contribution in [0.4, 0.5) is 0 Å². The van der Waals surface area contributed by atoms with Crippen molar-refractivity contribution >= 4 is 43.6 Å². The minimum absolute atomic E-state index is 0.682. The summed E-state index contributed by atoms with van der Waals surface area (Å²) >= 11 is 0. The van der Waals surface area contributed by atoms with Crippen LogP contribution in [0.5, 0.6) is 0 Å². The van der Waals surface area contributed by atoms with Crippen molar-refractivity contribution in [1.29, 1.82) is 0 Å². The Morgan fingerprint density at radius 1 is 0.286 bits per heavy atom. The van der Waals surface area contributed by atoms with Crippen LogP contribution in [0, 0.1) is 0 Å². The van der Waals surface area contributed by atoms with Crippen LogP contribution in [0.15, 0.2) is 206 Å². The van der Waals surface area contributed by atoms with E-state index in [2.05, 4.69) is 197 Å². The van der Waals surface area contributed by atoms with Gasteiger partial charge in [0.1, 0.15) is 0 Å². The molecule has 3 heterocycles. The predicted octanol–water partition coefficient (Wildman–Crippen LogP) is 13.3. The summed E-state index contributed by atoms with van der Waals surface area (Å²) < 4.78 is 4.80. The van der Waals surface area contributed by atoms with Crippen molar-refractivity contribution in [2.45, 2.75) is 0 Å². The zero-order chi connectivity index (χ0) is 37.0. The molecule has 4 nitrogen and oxygen atoms in total. The van der Waals surface area contributed by atoms with E-state index in [-0.39, 0.29) is 0 Å². The summed E-state index contributed by atoms with van der Waals surface area (Å²) in [5.41, 5.74) is 13.8. The zero-order valence-electron chi connectivity index (χ0n) is 30.4. The van der Waals surface area contributed by atoms with Gasteiger partial charge in [0.2, 0.25) is 0 Å². The van der Waals surface area contributed by atoms with Gasteiger partial charge in [0.25, 0.3) is 0 Å². The molecule has 0 amide bonds. The Balaban J connectivity index is 1.23. The van der Waals surface area contributed by atoms with Gasteiger partial charge in [-0.1, -0.05) is 158 Å². The van der Waals surface area contributed by atoms with E-state index in [1.165, 1.54) is 21.5 Å². The molecule has 0 radical (unpaired) electrons. The Bertz CT molecular complexity index is 3010. The quantitative estimate of drug-likeness (QED) is 0.172. The average molecular weight is 715 g/mol. The number of rotatable bonds is 6. The molecule has 11 aromatic rings. The van der Waals surface area contributed by atoms with E-state index < -0.39 is 0 Å². The van der Waals surface area contributed by atoms with Crippen LogP contribution in [-0.4, -0.2) is 19.1 Å². The van der Waals surface area contributed by atoms with Crippen LogP contribution >= 0.6 is 0 Å². The van der Waals surface area contributed by atoms with Gasteiger partial charge in [-0.2, -0.15) is 0 Å². The average Bonchev–Trinajstić information content (AvgIpc) is 3.80. The molecule has 56 heavy (non-hydrogen) atoms. The molecule has 11 rings (SSSR count). The lowest BCUT2D eigenvalue weighted by Gasteiger charge is -2.17. The first-order valence-corrected chi connectivity index (χ1v) is 19.0. The maximum absolute atomic E-state index is 5.37. The van der Waals surface area contributed by atoms with Gasteiger partial charge in [-0.15, -0.1) is 0 Å². The highest BCUT2D eigenvalue weighted by molar-refractivity contribution is 6.10. The second-order valence-corrected chi connectivity index (χ2v) is 14.2. The summed E-state index contributed by atoms with van der Waals surface area (Å²) in [7, 11) is 0. The monoisotopic (exact) mass is 714 g/mol. The number of hydrogen-bond donors (Lipinski definition) is 0. The van der Waals surface area contributed by atoms with Crippen molar-refractivity contribution < 1.29 is 0 Å². The lowest BCUT2D eigenvalue weighted by Crippen LogP contribution is -2.02. The third kappa shape index (κ3) is 5.23. The van der Waals surface area contributed by atoms with Crippen LogP contribution in [0.2, 0.25) is 0 Å². The summed E-state index contributed by atoms with van der Waals surface area (Å²) in [6, 6.07) is 73.2. The molecule has 0 unspecified atom stereocenters. The van der Waals surface area contributed by atoms with Gasteiger partial charge in [0, 0.05) is 49.6 Å². The minimum Gasteiger partial charge on any atom is -0.309 e. The molecule has 0 atom stereocenters. The molecule has 0 aliphatic rings. The molecule has 0 aliphatic heterocycles. The smallest absolute Gasteiger partial charge is 0.160 e. The van der Waals surface area contributed by atoms with Crippen molar-refractivity contribution in [3.05, 3.63) is 206 Å². The van der Waals surface area contributed by atoms with Gasteiger partial charge < -0.3 is 9.13 Å². The molecule has 0 spiro atoms. The maximum Gasteiger partial charge on any atom is 0.160 e. The van der Waals surface area contributed by atoms with Gasteiger partial charge in [-0.3, -0.25) is 0 Å². The van der Waals surface area contributed by atoms with Gasteiger partial charge in [0.15, 0.2) is 5.82 Å². The highest BCUT2D eigenvalue weighted by atomic mass is 15.0. The number of fused-ring (bicyclic) bond motifs is 6. The highest BCUT2D eigenvalue weighted by Gasteiger charge is 2.19. The zero-order valence-corrected chi connectivity index (χ0v) is 30.4. The Kier molecular flexibility index (Phi) is 7.46. The van der Waals surface area contributed by atoms with E-state index in [0.29, 0.717) is 5.82 Å². The number of benzene rings is 8. The van der Waals surface area contributed by atoms with Crippen molar-refractivity contribution in [3.8, 4) is 56.4 Å². The summed E-state index contributed by atoms with van der Waals surface area (Å²) in [5.74, 6) is 0.682. The molecule has 0 fully saturated rings. The van der Waals surface area contributed by atoms with Gasteiger partial charge in [0.05, 0.1) is 33.5 Å². The van der Waals surface area contributed by atoms with E-state index in [1.54, 1.807) is 0 Å². The van der Waals surface area contributed by atoms with E-state index in [4.69, 9.17) is 9.97 Å². The fourth-order valence-electron chi connectivity index (χ4n) is 8.43. The molecule has 3 aromatic heterocycles. The first-order chi connectivity index (χ1) is 27.8. The number of nitrogens with zero attached hydrogens (tertiary/aromatic N) is 4. The van der Waals surface area contributed by atoms with E-state index >= 15 is 0 Å². The lowest BCUT2D eigenvalue weighted by atomic mass is 9.96. The summed E-state index contributed by atoms with van der Waals surface area (Å²) in [6.45, 7) is 0. The third-order valence-electron chi connectivity index (χ3n) is 10.9. The molecule has 0 N–H and O–H groups in total. The second kappa shape index (κ2) is 13.1. The molecule has 0 bridgehead atoms. The number of aromatic nitrogens is 4. The molecular weight excluding hydrogens is 681 g/mol. The number of para-hydroxylation sites is 4. The Morgan fingerprint density at radius 2 is 0.679 bits per heavy atom. The van der Waals surface area contributed by atoms with Crippen molar-refractivity contribution in [3.63, 3.8) is 0 Å². The number of hydrogen-bond acceptors (Lipinski definition) is 2. The normalized spacial score (nSPS) is 11.6. The molecule has 0 aliphatic carbocycles. The summed E-state index contributed by atoms with van der Waals surface area (Å²) in [6.07, 6.45) is 0. The molecular formula is C52H34N4. The summed E-state index contributed by atoms with van der Waals surface area (Å²) in [4.78, 5) is 10.6. The van der Waals surface area contributed by atoms with Gasteiger partial charge >= 0.3 is 0 Å². The Morgan fingerprint density at radius 3 is 1.18 bits per heavy atom. The predicted molar refractivity (Wildman–Crippen MR) is 232 cm³/mol. The topological polar surface area (TPSA) is 35.6 Å². The van der Waals surface area contributed by atoms with Crippen LogP contribution in [0.3, 0.4) is 0 Å². The van der Waals surface area contributed by atoms with Crippen LogP contribution in [0.1, 0.15) is 0 Å². The molecule has 262 valence electrons. The third-order valence-corrected chi connectivity index (χ3v) is 10.9. The Labute approximate surface area is 324 Å². The second-order valence-electron chi connectivity index (χ2n) is 14.2. The molecule has 0 saturated carbocycles. The molecule has 0 saturated heterocycles. The minimum atomic E-state index is 0.682. The van der Waals surface area contributed by atoms with Gasteiger partial charge in [-0.05, 0) is 59.7 Å². The van der Waals surface area contributed by atoms with Crippen LogP contribution in [-0.2, 0) is 0 Å². The fourth-order valence-corrected chi connectivity index (χ4v) is 8.43. The van der Waals surface area contributed by atoms with E-state index in [0.717, 1.165) is 72.6 Å². The first kappa shape index (κ1) is 31.9. The van der Waals surface area contributed by atoms with Crippen molar-refractivity contribution in [2.24, 2.45) is 0 Å². The van der Waals surface area contributed by atoms with Crippen LogP contribution in [0.25, 0.3) is 100 Å². The summed E-state index contributed by atoms with van der Waals surface area (Å²) in [5, 5.41) is 4.89. The Hall–Kier alpha value is -7.56. The maximum atomic E-state index is 5.37. The molecule has 8 aromatic carbocycles. The van der Waals surface area contributed by atoms with E-state index in [1.807, 2.05) is 18.2 Å². The fraction of sp³-hybridized carbons (Fsp3) is 0. The largest absolute Gasteiger partial charge is 0.309 e. The standard InChI is InChI=1S/C52H34N4/c1-3-17-35(18-4-1)40-21-7-8-22-41(40)47-34-46(53-52(54-47)36-19-5-2-6-20-36)37-31-38(55-48-27-13-9-23-42(48)43-24-10-14-28-49(43)55)33-39(32-37)56-50-29-15-11-25-44(50)45-26-12-16-30-51(45)56/h1-34H. The lowest BCUT2D eigenvalue weighted by molar-refractivity contribution is 1.13. The molecule has 4 heteroatoms. The highest BCUT2D eigenvalue weighted by Crippen LogP contribution is 2.39. The van der Waals surface area contributed by atoms with Gasteiger partial charge in [-0.25, -0.2) is 9.97 Å². The van der Waals surface area contributed by atoms with E-state index in [9.17, 15) is 0 Å². The van der Waals surface area contributed by atoms with Crippen LogP contribution < -0.4 is 0 Å².